The molecule has 0 aliphatic heterocycles. The molecular formula is C13H21NO2. The molecule has 0 radical (unpaired) electrons. The number of aryl methyl sites for hydroxylation is 1. The summed E-state index contributed by atoms with van der Waals surface area (Å²) in [7, 11) is 1.94. The Labute approximate surface area is 97.4 Å². The molecule has 16 heavy (non-hydrogen) atoms. The molecule has 0 heterocycles. The Morgan fingerprint density at radius 1 is 1.38 bits per heavy atom. The molecule has 2 unspecified atom stereocenters. The van der Waals surface area contributed by atoms with Crippen LogP contribution in [0.3, 0.4) is 0 Å². The van der Waals surface area contributed by atoms with Crippen molar-refractivity contribution in [2.45, 2.75) is 32.9 Å². The molecule has 0 amide bonds. The van der Waals surface area contributed by atoms with Crippen molar-refractivity contribution in [1.29, 1.82) is 0 Å². The molecule has 0 saturated heterocycles. The van der Waals surface area contributed by atoms with Crippen molar-refractivity contribution >= 4 is 0 Å². The number of aliphatic hydroxyl groups is 1. The second kappa shape index (κ2) is 5.87. The second-order valence-electron chi connectivity index (χ2n) is 4.20. The van der Waals surface area contributed by atoms with Crippen LogP contribution in [0.2, 0.25) is 0 Å². The summed E-state index contributed by atoms with van der Waals surface area (Å²) in [5.74, 6) is 0.841. The van der Waals surface area contributed by atoms with Gasteiger partial charge in [-0.1, -0.05) is 12.1 Å². The third-order valence-electron chi connectivity index (χ3n) is 2.61. The second-order valence-corrected chi connectivity index (χ2v) is 4.20. The number of hydrogen-bond acceptors (Lipinski definition) is 3. The summed E-state index contributed by atoms with van der Waals surface area (Å²) in [5, 5.41) is 12.3. The van der Waals surface area contributed by atoms with Gasteiger partial charge in [0.2, 0.25) is 0 Å². The van der Waals surface area contributed by atoms with E-state index in [4.69, 9.17) is 9.84 Å². The quantitative estimate of drug-likeness (QED) is 0.802. The number of benzene rings is 1. The number of ether oxygens (including phenoxy) is 1. The van der Waals surface area contributed by atoms with Gasteiger partial charge in [-0.05, 0) is 45.0 Å². The number of rotatable bonds is 5. The van der Waals surface area contributed by atoms with Crippen LogP contribution in [0.15, 0.2) is 18.2 Å². The van der Waals surface area contributed by atoms with Gasteiger partial charge in [0.15, 0.2) is 0 Å². The van der Waals surface area contributed by atoms with Gasteiger partial charge in [0.25, 0.3) is 0 Å². The predicted molar refractivity (Wildman–Crippen MR) is 65.8 cm³/mol. The zero-order valence-electron chi connectivity index (χ0n) is 10.4. The van der Waals surface area contributed by atoms with Crippen molar-refractivity contribution in [2.24, 2.45) is 0 Å². The third-order valence-corrected chi connectivity index (χ3v) is 2.61. The molecule has 1 aromatic rings. The van der Waals surface area contributed by atoms with Gasteiger partial charge in [-0.2, -0.15) is 0 Å². The Morgan fingerprint density at radius 2 is 2.06 bits per heavy atom. The van der Waals surface area contributed by atoms with Crippen molar-refractivity contribution in [3.63, 3.8) is 0 Å². The molecule has 2 atom stereocenters. The molecule has 1 rings (SSSR count). The lowest BCUT2D eigenvalue weighted by atomic mass is 10.1. The first kappa shape index (κ1) is 13.0. The van der Waals surface area contributed by atoms with E-state index < -0.39 is 6.10 Å². The first-order chi connectivity index (χ1) is 7.54. The molecule has 3 heteroatoms. The summed E-state index contributed by atoms with van der Waals surface area (Å²) in [6.45, 7) is 6.18. The van der Waals surface area contributed by atoms with Crippen LogP contribution in [0.1, 0.15) is 31.0 Å². The maximum absolute atomic E-state index is 9.15. The van der Waals surface area contributed by atoms with E-state index in [1.807, 2.05) is 26.1 Å². The Hall–Kier alpha value is -1.06. The number of aliphatic hydroxyl groups excluding tert-OH is 1. The van der Waals surface area contributed by atoms with Gasteiger partial charge in [0, 0.05) is 6.04 Å². The van der Waals surface area contributed by atoms with E-state index in [-0.39, 0.29) is 0 Å². The Morgan fingerprint density at radius 3 is 2.56 bits per heavy atom. The lowest BCUT2D eigenvalue weighted by Gasteiger charge is -2.15. The first-order valence-corrected chi connectivity index (χ1v) is 5.63. The summed E-state index contributed by atoms with van der Waals surface area (Å²) < 4.78 is 5.50. The summed E-state index contributed by atoms with van der Waals surface area (Å²) in [6, 6.07) is 6.45. The molecule has 0 bridgehead atoms. The van der Waals surface area contributed by atoms with Crippen LogP contribution in [-0.4, -0.2) is 24.9 Å². The number of hydrogen-bond donors (Lipinski definition) is 2. The summed E-state index contributed by atoms with van der Waals surface area (Å²) in [6.07, 6.45) is -0.435. The van der Waals surface area contributed by atoms with Gasteiger partial charge in [-0.15, -0.1) is 0 Å². The molecule has 0 aromatic heterocycles. The molecule has 2 N–H and O–H groups in total. The first-order valence-electron chi connectivity index (χ1n) is 5.63. The Bertz CT molecular complexity index is 337. The van der Waals surface area contributed by atoms with Crippen LogP contribution in [0.4, 0.5) is 0 Å². The fraction of sp³-hybridized carbons (Fsp3) is 0.538. The Kier molecular flexibility index (Phi) is 4.77. The highest BCUT2D eigenvalue weighted by Crippen LogP contribution is 2.22. The zero-order chi connectivity index (χ0) is 12.1. The average molecular weight is 223 g/mol. The highest BCUT2D eigenvalue weighted by Gasteiger charge is 2.06. The zero-order valence-corrected chi connectivity index (χ0v) is 10.4. The van der Waals surface area contributed by atoms with E-state index in [0.29, 0.717) is 12.6 Å². The van der Waals surface area contributed by atoms with Gasteiger partial charge in [-0.3, -0.25) is 0 Å². The average Bonchev–Trinajstić information content (AvgIpc) is 2.26. The normalized spacial score (nSPS) is 14.6. The van der Waals surface area contributed by atoms with E-state index in [1.165, 1.54) is 5.56 Å². The van der Waals surface area contributed by atoms with Crippen molar-refractivity contribution in [3.05, 3.63) is 29.3 Å². The van der Waals surface area contributed by atoms with E-state index in [1.54, 1.807) is 6.92 Å². The van der Waals surface area contributed by atoms with Crippen LogP contribution in [0.5, 0.6) is 5.75 Å². The largest absolute Gasteiger partial charge is 0.491 e. The standard InChI is InChI=1S/C13H21NO2/c1-9-7-12(11(3)14-4)5-6-13(9)16-8-10(2)15/h5-7,10-11,14-15H,8H2,1-4H3. The van der Waals surface area contributed by atoms with Crippen LogP contribution in [0.25, 0.3) is 0 Å². The van der Waals surface area contributed by atoms with Crippen molar-refractivity contribution in [2.75, 3.05) is 13.7 Å². The molecule has 90 valence electrons. The topological polar surface area (TPSA) is 41.5 Å². The molecule has 0 aliphatic carbocycles. The van der Waals surface area contributed by atoms with Crippen molar-refractivity contribution in [1.82, 2.24) is 5.32 Å². The lowest BCUT2D eigenvalue weighted by Crippen LogP contribution is -2.14. The predicted octanol–water partition coefficient (Wildman–Crippen LogP) is 2.04. The summed E-state index contributed by atoms with van der Waals surface area (Å²) in [4.78, 5) is 0. The van der Waals surface area contributed by atoms with Crippen LogP contribution < -0.4 is 10.1 Å². The SMILES string of the molecule is CNC(C)c1ccc(OCC(C)O)c(C)c1. The van der Waals surface area contributed by atoms with Crippen LogP contribution >= 0.6 is 0 Å². The van der Waals surface area contributed by atoms with Gasteiger partial charge in [0.05, 0.1) is 6.10 Å². The smallest absolute Gasteiger partial charge is 0.122 e. The van der Waals surface area contributed by atoms with Crippen LogP contribution in [0, 0.1) is 6.92 Å². The van der Waals surface area contributed by atoms with Gasteiger partial charge >= 0.3 is 0 Å². The van der Waals surface area contributed by atoms with Gasteiger partial charge < -0.3 is 15.2 Å². The molecule has 1 aromatic carbocycles. The van der Waals surface area contributed by atoms with Gasteiger partial charge in [0.1, 0.15) is 12.4 Å². The Balaban J connectivity index is 2.75. The molecule has 0 spiro atoms. The minimum atomic E-state index is -0.435. The van der Waals surface area contributed by atoms with Crippen molar-refractivity contribution < 1.29 is 9.84 Å². The maximum Gasteiger partial charge on any atom is 0.122 e. The molecular weight excluding hydrogens is 202 g/mol. The highest BCUT2D eigenvalue weighted by atomic mass is 16.5. The highest BCUT2D eigenvalue weighted by molar-refractivity contribution is 5.37. The maximum atomic E-state index is 9.15. The molecule has 0 fully saturated rings. The number of nitrogens with one attached hydrogen (secondary N) is 1. The minimum Gasteiger partial charge on any atom is -0.491 e. The third kappa shape index (κ3) is 3.51. The van der Waals surface area contributed by atoms with E-state index in [0.717, 1.165) is 11.3 Å². The molecule has 0 aliphatic rings. The van der Waals surface area contributed by atoms with Crippen molar-refractivity contribution in [3.8, 4) is 5.75 Å². The van der Waals surface area contributed by atoms with E-state index >= 15 is 0 Å². The summed E-state index contributed by atoms with van der Waals surface area (Å²) >= 11 is 0. The molecule has 0 saturated carbocycles. The minimum absolute atomic E-state index is 0.335. The summed E-state index contributed by atoms with van der Waals surface area (Å²) in [5.41, 5.74) is 2.34. The fourth-order valence-corrected chi connectivity index (χ4v) is 1.48. The molecule has 3 nitrogen and oxygen atoms in total. The van der Waals surface area contributed by atoms with E-state index in [9.17, 15) is 0 Å². The monoisotopic (exact) mass is 223 g/mol. The lowest BCUT2D eigenvalue weighted by molar-refractivity contribution is 0.122. The van der Waals surface area contributed by atoms with Crippen LogP contribution in [-0.2, 0) is 0 Å². The fourth-order valence-electron chi connectivity index (χ4n) is 1.48. The van der Waals surface area contributed by atoms with E-state index in [2.05, 4.69) is 18.3 Å². The van der Waals surface area contributed by atoms with Gasteiger partial charge in [-0.25, -0.2) is 0 Å².